The van der Waals surface area contributed by atoms with Gasteiger partial charge in [-0.25, -0.2) is 0 Å². The maximum absolute atomic E-state index is 10.0. The molecule has 0 amide bonds. The standard InChI is InChI=1S/C12H17OS2/c1-10(15-9-5-8-14)12(13)11-6-3-2-4-7-11/h2-4,6-7,10,12-13H,5,8-9H2,1H3. The van der Waals surface area contributed by atoms with E-state index in [0.717, 1.165) is 23.5 Å². The van der Waals surface area contributed by atoms with Crippen LogP contribution in [0, 0.1) is 0 Å². The minimum absolute atomic E-state index is 0.231. The molecule has 0 spiro atoms. The second kappa shape index (κ2) is 7.20. The lowest BCUT2D eigenvalue weighted by atomic mass is 10.1. The molecule has 83 valence electrons. The first-order valence-electron chi connectivity index (χ1n) is 5.18. The van der Waals surface area contributed by atoms with Crippen molar-refractivity contribution in [3.63, 3.8) is 0 Å². The van der Waals surface area contributed by atoms with Gasteiger partial charge < -0.3 is 5.11 Å². The molecule has 1 aromatic carbocycles. The van der Waals surface area contributed by atoms with Crippen molar-refractivity contribution in [1.29, 1.82) is 0 Å². The van der Waals surface area contributed by atoms with Gasteiger partial charge in [0.1, 0.15) is 0 Å². The topological polar surface area (TPSA) is 20.2 Å². The molecule has 1 rings (SSSR count). The summed E-state index contributed by atoms with van der Waals surface area (Å²) in [4.78, 5) is 0. The fourth-order valence-corrected chi connectivity index (χ4v) is 2.69. The molecule has 0 heterocycles. The Bertz CT molecular complexity index is 264. The fourth-order valence-electron chi connectivity index (χ4n) is 1.34. The number of hydrogen-bond donors (Lipinski definition) is 1. The number of rotatable bonds is 6. The number of hydrogen-bond acceptors (Lipinski definition) is 2. The third kappa shape index (κ3) is 4.49. The van der Waals surface area contributed by atoms with Gasteiger partial charge in [0.25, 0.3) is 0 Å². The lowest BCUT2D eigenvalue weighted by Gasteiger charge is -2.18. The average molecular weight is 241 g/mol. The highest BCUT2D eigenvalue weighted by molar-refractivity contribution is 7.99. The average Bonchev–Trinajstić information content (AvgIpc) is 2.29. The van der Waals surface area contributed by atoms with Crippen LogP contribution in [0.4, 0.5) is 0 Å². The maximum atomic E-state index is 10.0. The molecular weight excluding hydrogens is 224 g/mol. The van der Waals surface area contributed by atoms with Crippen LogP contribution in [0.15, 0.2) is 30.3 Å². The Kier molecular flexibility index (Phi) is 6.22. The molecule has 0 aromatic heterocycles. The molecule has 0 aliphatic heterocycles. The molecule has 2 atom stereocenters. The Hall–Kier alpha value is -0.120. The molecule has 0 aliphatic carbocycles. The first-order chi connectivity index (χ1) is 7.25. The van der Waals surface area contributed by atoms with E-state index in [9.17, 15) is 5.11 Å². The van der Waals surface area contributed by atoms with E-state index in [1.807, 2.05) is 30.3 Å². The van der Waals surface area contributed by atoms with Crippen LogP contribution in [0.2, 0.25) is 0 Å². The summed E-state index contributed by atoms with van der Waals surface area (Å²) in [5.41, 5.74) is 0.996. The molecular formula is C12H17OS2. The van der Waals surface area contributed by atoms with Gasteiger partial charge in [-0.1, -0.05) is 49.9 Å². The van der Waals surface area contributed by atoms with Gasteiger partial charge in [-0.15, -0.1) is 0 Å². The number of thioether (sulfide) groups is 1. The second-order valence-corrected chi connectivity index (χ2v) is 5.38. The highest BCUT2D eigenvalue weighted by atomic mass is 32.2. The van der Waals surface area contributed by atoms with Gasteiger partial charge in [0.15, 0.2) is 0 Å². The van der Waals surface area contributed by atoms with Crippen molar-refractivity contribution in [2.45, 2.75) is 24.7 Å². The van der Waals surface area contributed by atoms with Crippen LogP contribution in [0.1, 0.15) is 25.0 Å². The number of aliphatic hydroxyl groups excluding tert-OH is 1. The Labute approximate surface area is 102 Å². The molecule has 0 saturated heterocycles. The normalized spacial score (nSPS) is 14.9. The van der Waals surface area contributed by atoms with Gasteiger partial charge in [-0.2, -0.15) is 11.8 Å². The summed E-state index contributed by atoms with van der Waals surface area (Å²) in [6.07, 6.45) is 0.674. The van der Waals surface area contributed by atoms with Crippen LogP contribution < -0.4 is 0 Å². The van der Waals surface area contributed by atoms with Crippen molar-refractivity contribution in [2.24, 2.45) is 0 Å². The summed E-state index contributed by atoms with van der Waals surface area (Å²) in [6.45, 7) is 2.06. The Morgan fingerprint density at radius 2 is 2.00 bits per heavy atom. The van der Waals surface area contributed by atoms with E-state index in [2.05, 4.69) is 6.92 Å². The number of aliphatic hydroxyl groups is 1. The summed E-state index contributed by atoms with van der Waals surface area (Å²) >= 11 is 6.67. The second-order valence-electron chi connectivity index (χ2n) is 3.49. The third-order valence-electron chi connectivity index (χ3n) is 2.26. The molecule has 1 radical (unpaired) electrons. The molecule has 15 heavy (non-hydrogen) atoms. The van der Waals surface area contributed by atoms with Gasteiger partial charge in [-0.05, 0) is 17.7 Å². The quantitative estimate of drug-likeness (QED) is 0.770. The van der Waals surface area contributed by atoms with E-state index in [0.29, 0.717) is 0 Å². The van der Waals surface area contributed by atoms with Crippen LogP contribution in [0.3, 0.4) is 0 Å². The minimum Gasteiger partial charge on any atom is -0.387 e. The Balaban J connectivity index is 2.42. The molecule has 1 aromatic rings. The predicted molar refractivity (Wildman–Crippen MR) is 70.4 cm³/mol. The molecule has 2 unspecified atom stereocenters. The zero-order valence-corrected chi connectivity index (χ0v) is 10.6. The van der Waals surface area contributed by atoms with Crippen molar-refractivity contribution < 1.29 is 5.11 Å². The van der Waals surface area contributed by atoms with Crippen molar-refractivity contribution >= 4 is 24.4 Å². The molecule has 0 saturated carbocycles. The zero-order chi connectivity index (χ0) is 11.1. The number of benzene rings is 1. The van der Waals surface area contributed by atoms with Crippen molar-refractivity contribution in [1.82, 2.24) is 0 Å². The molecule has 0 bridgehead atoms. The predicted octanol–water partition coefficient (Wildman–Crippen LogP) is 3.43. The van der Waals surface area contributed by atoms with Crippen LogP contribution in [0.5, 0.6) is 0 Å². The van der Waals surface area contributed by atoms with E-state index in [-0.39, 0.29) is 11.4 Å². The van der Waals surface area contributed by atoms with E-state index in [1.165, 1.54) is 0 Å². The lowest BCUT2D eigenvalue weighted by Crippen LogP contribution is -2.11. The molecule has 3 heteroatoms. The zero-order valence-electron chi connectivity index (χ0n) is 8.93. The molecule has 1 N–H and O–H groups in total. The van der Waals surface area contributed by atoms with Crippen molar-refractivity contribution in [2.75, 3.05) is 11.5 Å². The first kappa shape index (κ1) is 12.9. The molecule has 0 fully saturated rings. The highest BCUT2D eigenvalue weighted by Gasteiger charge is 2.15. The molecule has 1 nitrogen and oxygen atoms in total. The van der Waals surface area contributed by atoms with Gasteiger partial charge >= 0.3 is 0 Å². The van der Waals surface area contributed by atoms with Crippen LogP contribution >= 0.6 is 24.4 Å². The fraction of sp³-hybridized carbons (Fsp3) is 0.500. The lowest BCUT2D eigenvalue weighted by molar-refractivity contribution is 0.179. The summed E-state index contributed by atoms with van der Waals surface area (Å²) < 4.78 is 0. The Morgan fingerprint density at radius 1 is 1.33 bits per heavy atom. The summed E-state index contributed by atoms with van der Waals surface area (Å²) in [5, 5.41) is 10.3. The highest BCUT2D eigenvalue weighted by Crippen LogP contribution is 2.26. The van der Waals surface area contributed by atoms with Crippen molar-refractivity contribution in [3.05, 3.63) is 35.9 Å². The summed E-state index contributed by atoms with van der Waals surface area (Å²) in [6, 6.07) is 9.81. The largest absolute Gasteiger partial charge is 0.387 e. The monoisotopic (exact) mass is 241 g/mol. The van der Waals surface area contributed by atoms with E-state index < -0.39 is 0 Å². The minimum atomic E-state index is -0.374. The first-order valence-corrected chi connectivity index (χ1v) is 6.81. The van der Waals surface area contributed by atoms with Crippen molar-refractivity contribution in [3.8, 4) is 0 Å². The van der Waals surface area contributed by atoms with Gasteiger partial charge in [0, 0.05) is 11.0 Å². The summed E-state index contributed by atoms with van der Waals surface area (Å²) in [5.74, 6) is 1.84. The smallest absolute Gasteiger partial charge is 0.0905 e. The van der Waals surface area contributed by atoms with E-state index in [4.69, 9.17) is 12.6 Å². The van der Waals surface area contributed by atoms with Gasteiger partial charge in [-0.3, -0.25) is 0 Å². The van der Waals surface area contributed by atoms with Crippen LogP contribution in [0.25, 0.3) is 0 Å². The SMILES string of the molecule is CC(SCCC[S])C(O)c1ccccc1. The van der Waals surface area contributed by atoms with E-state index in [1.54, 1.807) is 11.8 Å². The molecule has 0 aliphatic rings. The van der Waals surface area contributed by atoms with Crippen LogP contribution in [-0.2, 0) is 0 Å². The van der Waals surface area contributed by atoms with Gasteiger partial charge in [0.05, 0.1) is 6.10 Å². The Morgan fingerprint density at radius 3 is 2.60 bits per heavy atom. The van der Waals surface area contributed by atoms with Crippen LogP contribution in [-0.4, -0.2) is 21.9 Å². The van der Waals surface area contributed by atoms with E-state index >= 15 is 0 Å². The third-order valence-corrected chi connectivity index (χ3v) is 3.85. The maximum Gasteiger partial charge on any atom is 0.0905 e. The van der Waals surface area contributed by atoms with Gasteiger partial charge in [0.2, 0.25) is 0 Å². The summed E-state index contributed by atoms with van der Waals surface area (Å²) in [7, 11) is 0.